The zero-order valence-corrected chi connectivity index (χ0v) is 7.09. The van der Waals surface area contributed by atoms with E-state index in [4.69, 9.17) is 5.11 Å². The molecule has 1 aliphatic rings. The highest BCUT2D eigenvalue weighted by molar-refractivity contribution is 5.19. The average Bonchev–Trinajstić information content (AvgIpc) is 2.07. The summed E-state index contributed by atoms with van der Waals surface area (Å²) in [5, 5.41) is 8.72. The molecule has 11 heavy (non-hydrogen) atoms. The molecule has 1 atom stereocenters. The summed E-state index contributed by atoms with van der Waals surface area (Å²) in [5.41, 5.74) is 1.49. The Morgan fingerprint density at radius 2 is 2.45 bits per heavy atom. The molecule has 0 radical (unpaired) electrons. The third-order valence-electron chi connectivity index (χ3n) is 2.24. The molecule has 1 N–H and O–H groups in total. The second-order valence-corrected chi connectivity index (χ2v) is 3.12. The third-order valence-corrected chi connectivity index (χ3v) is 2.24. The molecular formula is C10H16O. The van der Waals surface area contributed by atoms with Crippen LogP contribution in [-0.4, -0.2) is 11.7 Å². The first-order chi connectivity index (χ1) is 5.34. The van der Waals surface area contributed by atoms with Gasteiger partial charge >= 0.3 is 0 Å². The number of hydrogen-bond donors (Lipinski definition) is 1. The molecule has 0 saturated heterocycles. The normalized spacial score (nSPS) is 19.6. The van der Waals surface area contributed by atoms with Crippen molar-refractivity contribution in [1.29, 1.82) is 0 Å². The third kappa shape index (κ3) is 2.51. The van der Waals surface area contributed by atoms with Crippen LogP contribution in [0.2, 0.25) is 0 Å². The predicted molar refractivity (Wildman–Crippen MR) is 47.3 cm³/mol. The second-order valence-electron chi connectivity index (χ2n) is 3.12. The molecule has 1 rings (SSSR count). The van der Waals surface area contributed by atoms with Crippen LogP contribution < -0.4 is 0 Å². The Hall–Kier alpha value is -0.560. The maximum absolute atomic E-state index is 8.72. The van der Waals surface area contributed by atoms with Gasteiger partial charge in [-0.3, -0.25) is 0 Å². The molecule has 0 aromatic rings. The summed E-state index contributed by atoms with van der Waals surface area (Å²) < 4.78 is 0. The van der Waals surface area contributed by atoms with E-state index in [1.807, 2.05) is 0 Å². The Morgan fingerprint density at radius 3 is 3.00 bits per heavy atom. The highest BCUT2D eigenvalue weighted by atomic mass is 16.3. The minimum atomic E-state index is 0.308. The average molecular weight is 152 g/mol. The SMILES string of the molecule is CC(CCO)C1=CC=CCC1. The van der Waals surface area contributed by atoms with Crippen molar-refractivity contribution in [1.82, 2.24) is 0 Å². The topological polar surface area (TPSA) is 20.2 Å². The Kier molecular flexibility index (Phi) is 3.37. The lowest BCUT2D eigenvalue weighted by molar-refractivity contribution is 0.270. The van der Waals surface area contributed by atoms with Crippen molar-refractivity contribution in [2.45, 2.75) is 26.2 Å². The molecule has 1 heteroatoms. The highest BCUT2D eigenvalue weighted by Gasteiger charge is 2.07. The summed E-state index contributed by atoms with van der Waals surface area (Å²) in [7, 11) is 0. The smallest absolute Gasteiger partial charge is 0.0436 e. The molecule has 1 unspecified atom stereocenters. The maximum Gasteiger partial charge on any atom is 0.0436 e. The van der Waals surface area contributed by atoms with Gasteiger partial charge in [-0.05, 0) is 25.2 Å². The van der Waals surface area contributed by atoms with Gasteiger partial charge in [-0.25, -0.2) is 0 Å². The quantitative estimate of drug-likeness (QED) is 0.657. The largest absolute Gasteiger partial charge is 0.396 e. The van der Waals surface area contributed by atoms with Crippen molar-refractivity contribution in [3.8, 4) is 0 Å². The molecule has 1 nitrogen and oxygen atoms in total. The van der Waals surface area contributed by atoms with E-state index in [0.717, 1.165) is 6.42 Å². The van der Waals surface area contributed by atoms with Crippen molar-refractivity contribution in [3.05, 3.63) is 23.8 Å². The zero-order valence-electron chi connectivity index (χ0n) is 7.09. The van der Waals surface area contributed by atoms with E-state index in [2.05, 4.69) is 25.2 Å². The molecule has 0 aromatic heterocycles. The number of rotatable bonds is 3. The Bertz CT molecular complexity index is 168. The molecule has 0 saturated carbocycles. The van der Waals surface area contributed by atoms with E-state index < -0.39 is 0 Å². The molecule has 0 bridgehead atoms. The zero-order chi connectivity index (χ0) is 8.10. The van der Waals surface area contributed by atoms with Crippen LogP contribution in [0.1, 0.15) is 26.2 Å². The van der Waals surface area contributed by atoms with Gasteiger partial charge in [0, 0.05) is 6.61 Å². The molecule has 0 heterocycles. The van der Waals surface area contributed by atoms with Crippen LogP contribution in [-0.2, 0) is 0 Å². The number of allylic oxidation sites excluding steroid dienone is 4. The summed E-state index contributed by atoms with van der Waals surface area (Å²) in [6.45, 7) is 2.49. The van der Waals surface area contributed by atoms with Gasteiger partial charge in [0.15, 0.2) is 0 Å². The van der Waals surface area contributed by atoms with Gasteiger partial charge < -0.3 is 5.11 Å². The van der Waals surface area contributed by atoms with Crippen molar-refractivity contribution in [3.63, 3.8) is 0 Å². The van der Waals surface area contributed by atoms with Gasteiger partial charge in [-0.15, -0.1) is 0 Å². The first-order valence-corrected chi connectivity index (χ1v) is 4.31. The number of aliphatic hydroxyl groups is 1. The van der Waals surface area contributed by atoms with E-state index in [9.17, 15) is 0 Å². The minimum absolute atomic E-state index is 0.308. The van der Waals surface area contributed by atoms with Gasteiger partial charge in [0.25, 0.3) is 0 Å². The lowest BCUT2D eigenvalue weighted by Crippen LogP contribution is -2.03. The van der Waals surface area contributed by atoms with Crippen molar-refractivity contribution in [2.75, 3.05) is 6.61 Å². The van der Waals surface area contributed by atoms with Crippen LogP contribution in [0.25, 0.3) is 0 Å². The van der Waals surface area contributed by atoms with Crippen LogP contribution in [0.4, 0.5) is 0 Å². The molecule has 0 aliphatic heterocycles. The van der Waals surface area contributed by atoms with E-state index in [1.165, 1.54) is 18.4 Å². The van der Waals surface area contributed by atoms with Gasteiger partial charge in [0.05, 0.1) is 0 Å². The minimum Gasteiger partial charge on any atom is -0.396 e. The van der Waals surface area contributed by atoms with E-state index in [-0.39, 0.29) is 0 Å². The van der Waals surface area contributed by atoms with Gasteiger partial charge in [0.2, 0.25) is 0 Å². The fourth-order valence-corrected chi connectivity index (χ4v) is 1.41. The standard InChI is InChI=1S/C10H16O/c1-9(7-8-11)10-5-3-2-4-6-10/h2-3,5,9,11H,4,6-8H2,1H3. The Balaban J connectivity index is 2.44. The molecular weight excluding hydrogens is 136 g/mol. The summed E-state index contributed by atoms with van der Waals surface area (Å²) in [6.07, 6.45) is 9.74. The molecule has 0 aromatic carbocycles. The predicted octanol–water partition coefficient (Wildman–Crippen LogP) is 2.28. The van der Waals surface area contributed by atoms with Gasteiger partial charge in [-0.2, -0.15) is 0 Å². The highest BCUT2D eigenvalue weighted by Crippen LogP contribution is 2.22. The molecule has 62 valence electrons. The maximum atomic E-state index is 8.72. The number of aliphatic hydroxyl groups excluding tert-OH is 1. The summed E-state index contributed by atoms with van der Waals surface area (Å²) in [4.78, 5) is 0. The van der Waals surface area contributed by atoms with Crippen LogP contribution in [0, 0.1) is 5.92 Å². The second kappa shape index (κ2) is 4.35. The number of hydrogen-bond acceptors (Lipinski definition) is 1. The Labute approximate surface area is 68.4 Å². The lowest BCUT2D eigenvalue weighted by atomic mass is 9.91. The molecule has 0 fully saturated rings. The summed E-state index contributed by atoms with van der Waals surface area (Å²) >= 11 is 0. The van der Waals surface area contributed by atoms with E-state index in [1.54, 1.807) is 0 Å². The van der Waals surface area contributed by atoms with Crippen molar-refractivity contribution in [2.24, 2.45) is 5.92 Å². The van der Waals surface area contributed by atoms with Crippen molar-refractivity contribution < 1.29 is 5.11 Å². The van der Waals surface area contributed by atoms with Crippen LogP contribution in [0.15, 0.2) is 23.8 Å². The first kappa shape index (κ1) is 8.54. The molecule has 1 aliphatic carbocycles. The summed E-state index contributed by atoms with van der Waals surface area (Å²) in [6, 6.07) is 0. The van der Waals surface area contributed by atoms with Gasteiger partial charge in [0.1, 0.15) is 0 Å². The van der Waals surface area contributed by atoms with Crippen molar-refractivity contribution >= 4 is 0 Å². The van der Waals surface area contributed by atoms with E-state index in [0.29, 0.717) is 12.5 Å². The van der Waals surface area contributed by atoms with Crippen LogP contribution in [0.3, 0.4) is 0 Å². The fourth-order valence-electron chi connectivity index (χ4n) is 1.41. The first-order valence-electron chi connectivity index (χ1n) is 4.31. The Morgan fingerprint density at radius 1 is 1.64 bits per heavy atom. The lowest BCUT2D eigenvalue weighted by Gasteiger charge is -2.15. The van der Waals surface area contributed by atoms with Crippen LogP contribution >= 0.6 is 0 Å². The van der Waals surface area contributed by atoms with E-state index >= 15 is 0 Å². The molecule has 0 amide bonds. The fraction of sp³-hybridized carbons (Fsp3) is 0.600. The summed E-state index contributed by atoms with van der Waals surface area (Å²) in [5.74, 6) is 0.560. The monoisotopic (exact) mass is 152 g/mol. The van der Waals surface area contributed by atoms with Gasteiger partial charge in [-0.1, -0.05) is 30.7 Å². The van der Waals surface area contributed by atoms with Crippen LogP contribution in [0.5, 0.6) is 0 Å². The molecule has 0 spiro atoms.